The largest absolute Gasteiger partial charge is 0.425 e. The number of carbonyl (C=O) groups is 3. The number of hydrogen-bond donors (Lipinski definition) is 2. The van der Waals surface area contributed by atoms with Crippen molar-refractivity contribution in [2.45, 2.75) is 32.7 Å². The van der Waals surface area contributed by atoms with Gasteiger partial charge in [0.1, 0.15) is 16.8 Å². The van der Waals surface area contributed by atoms with E-state index in [1.165, 1.54) is 12.1 Å². The molecule has 1 atom stereocenters. The third-order valence-electron chi connectivity index (χ3n) is 4.80. The van der Waals surface area contributed by atoms with Gasteiger partial charge in [-0.15, -0.1) is 0 Å². The Morgan fingerprint density at radius 1 is 1.19 bits per heavy atom. The molecule has 1 aliphatic rings. The van der Waals surface area contributed by atoms with Gasteiger partial charge in [0.2, 0.25) is 5.91 Å². The van der Waals surface area contributed by atoms with Gasteiger partial charge in [0.15, 0.2) is 0 Å². The van der Waals surface area contributed by atoms with Crippen molar-refractivity contribution in [3.8, 4) is 5.75 Å². The zero-order chi connectivity index (χ0) is 22.7. The molecule has 0 spiro atoms. The first kappa shape index (κ1) is 22.2. The van der Waals surface area contributed by atoms with Gasteiger partial charge in [-0.05, 0) is 48.2 Å². The average molecular weight is 446 g/mol. The average Bonchev–Trinajstić information content (AvgIpc) is 2.71. The van der Waals surface area contributed by atoms with Gasteiger partial charge in [-0.2, -0.15) is 0 Å². The number of rotatable bonds is 6. The number of esters is 1. The molecule has 0 fully saturated rings. The van der Waals surface area contributed by atoms with Crippen LogP contribution in [0, 0.1) is 16.0 Å². The number of nitrogens with zero attached hydrogens (tertiary/aromatic N) is 1. The van der Waals surface area contributed by atoms with Gasteiger partial charge in [0.05, 0.1) is 4.92 Å². The summed E-state index contributed by atoms with van der Waals surface area (Å²) in [6, 6.07) is 7.55. The number of benzene rings is 2. The fraction of sp³-hybridized carbons (Fsp3) is 0.286. The molecule has 2 amide bonds. The van der Waals surface area contributed by atoms with E-state index in [0.29, 0.717) is 24.3 Å². The number of nitro groups is 1. The van der Waals surface area contributed by atoms with E-state index in [2.05, 4.69) is 10.6 Å². The summed E-state index contributed by atoms with van der Waals surface area (Å²) in [6.07, 6.45) is 0.883. The van der Waals surface area contributed by atoms with Gasteiger partial charge in [0.25, 0.3) is 11.6 Å². The maximum atomic E-state index is 12.7. The van der Waals surface area contributed by atoms with Crippen LogP contribution in [0.4, 0.5) is 11.4 Å². The number of carbonyl (C=O) groups excluding carboxylic acids is 3. The van der Waals surface area contributed by atoms with E-state index < -0.39 is 28.5 Å². The smallest absolute Gasteiger partial charge is 0.334 e. The Morgan fingerprint density at radius 3 is 2.61 bits per heavy atom. The predicted molar refractivity (Wildman–Crippen MR) is 113 cm³/mol. The second-order valence-corrected chi connectivity index (χ2v) is 7.81. The van der Waals surface area contributed by atoms with Crippen molar-refractivity contribution in [2.24, 2.45) is 5.92 Å². The number of aryl methyl sites for hydroxylation is 1. The molecule has 0 aromatic heterocycles. The summed E-state index contributed by atoms with van der Waals surface area (Å²) in [7, 11) is 0. The zero-order valence-corrected chi connectivity index (χ0v) is 17.6. The van der Waals surface area contributed by atoms with Crippen LogP contribution in [-0.2, 0) is 16.0 Å². The van der Waals surface area contributed by atoms with Crippen molar-refractivity contribution in [2.75, 3.05) is 5.32 Å². The van der Waals surface area contributed by atoms with Gasteiger partial charge in [-0.3, -0.25) is 19.7 Å². The Kier molecular flexibility index (Phi) is 6.55. The maximum Gasteiger partial charge on any atom is 0.334 e. The monoisotopic (exact) mass is 445 g/mol. The highest BCUT2D eigenvalue weighted by Crippen LogP contribution is 2.28. The fourth-order valence-electron chi connectivity index (χ4n) is 3.12. The van der Waals surface area contributed by atoms with E-state index in [1.54, 1.807) is 32.0 Å². The number of hydrogen-bond acceptors (Lipinski definition) is 6. The van der Waals surface area contributed by atoms with Crippen molar-refractivity contribution < 1.29 is 24.0 Å². The lowest BCUT2D eigenvalue weighted by Gasteiger charge is -2.22. The van der Waals surface area contributed by atoms with Crippen LogP contribution < -0.4 is 15.4 Å². The van der Waals surface area contributed by atoms with E-state index in [9.17, 15) is 24.5 Å². The molecule has 0 radical (unpaired) electrons. The number of fused-ring (bicyclic) bond motifs is 1. The highest BCUT2D eigenvalue weighted by molar-refractivity contribution is 6.32. The van der Waals surface area contributed by atoms with Gasteiger partial charge < -0.3 is 15.4 Å². The van der Waals surface area contributed by atoms with Crippen molar-refractivity contribution in [1.82, 2.24) is 5.32 Å². The molecule has 31 heavy (non-hydrogen) atoms. The molecule has 10 heteroatoms. The molecule has 2 N–H and O–H groups in total. The molecule has 9 nitrogen and oxygen atoms in total. The van der Waals surface area contributed by atoms with Gasteiger partial charge >= 0.3 is 5.97 Å². The van der Waals surface area contributed by atoms with E-state index in [4.69, 9.17) is 16.3 Å². The van der Waals surface area contributed by atoms with Crippen LogP contribution >= 0.6 is 11.6 Å². The summed E-state index contributed by atoms with van der Waals surface area (Å²) in [5.74, 6) is -1.42. The first-order valence-electron chi connectivity index (χ1n) is 9.55. The Balaban J connectivity index is 1.74. The summed E-state index contributed by atoms with van der Waals surface area (Å²) in [6.45, 7) is 3.47. The Bertz CT molecular complexity index is 1070. The minimum Gasteiger partial charge on any atom is -0.425 e. The normalized spacial score (nSPS) is 13.7. The number of halogens is 1. The number of nitrogens with one attached hydrogen (secondary N) is 2. The van der Waals surface area contributed by atoms with Crippen LogP contribution in [0.3, 0.4) is 0 Å². The molecule has 0 bridgehead atoms. The minimum absolute atomic E-state index is 0.000859. The first-order valence-corrected chi connectivity index (χ1v) is 9.92. The topological polar surface area (TPSA) is 128 Å². The number of amides is 2. The van der Waals surface area contributed by atoms with Gasteiger partial charge in [-0.25, -0.2) is 4.79 Å². The minimum atomic E-state index is -0.988. The summed E-state index contributed by atoms with van der Waals surface area (Å²) < 4.78 is 5.45. The lowest BCUT2D eigenvalue weighted by atomic mass is 10.0. The summed E-state index contributed by atoms with van der Waals surface area (Å²) in [5, 5.41) is 16.3. The number of ether oxygens (including phenoxy) is 1. The standard InChI is InChI=1S/C21H20ClN3O6/c1-11(2)19(24-20(27)13-3-6-15(22)17(10-13)25(29)30)21(28)31-14-5-7-16-12(9-14)4-8-18(26)23-16/h3,5-7,9-11,19H,4,8H2,1-2H3,(H,23,26)(H,24,27). The van der Waals surface area contributed by atoms with Crippen LogP contribution in [0.1, 0.15) is 36.2 Å². The van der Waals surface area contributed by atoms with E-state index in [0.717, 1.165) is 11.6 Å². The Hall–Kier alpha value is -3.46. The third-order valence-corrected chi connectivity index (χ3v) is 5.12. The van der Waals surface area contributed by atoms with Crippen LogP contribution in [0.25, 0.3) is 0 Å². The van der Waals surface area contributed by atoms with Gasteiger partial charge in [0, 0.05) is 23.7 Å². The van der Waals surface area contributed by atoms with Crippen LogP contribution in [0.5, 0.6) is 5.75 Å². The fourth-order valence-corrected chi connectivity index (χ4v) is 3.31. The highest BCUT2D eigenvalue weighted by atomic mass is 35.5. The van der Waals surface area contributed by atoms with Crippen molar-refractivity contribution >= 4 is 40.8 Å². The van der Waals surface area contributed by atoms with Crippen LogP contribution in [-0.4, -0.2) is 28.7 Å². The van der Waals surface area contributed by atoms with E-state index >= 15 is 0 Å². The predicted octanol–water partition coefficient (Wildman–Crippen LogP) is 3.49. The second kappa shape index (κ2) is 9.13. The molecule has 0 saturated carbocycles. The molecular weight excluding hydrogens is 426 g/mol. The molecular formula is C21H20ClN3O6. The maximum absolute atomic E-state index is 12.7. The molecule has 1 heterocycles. The Labute approximate surface area is 182 Å². The van der Waals surface area contributed by atoms with Crippen molar-refractivity contribution in [1.29, 1.82) is 0 Å². The first-order chi connectivity index (χ1) is 14.7. The second-order valence-electron chi connectivity index (χ2n) is 7.41. The molecule has 1 unspecified atom stereocenters. The quantitative estimate of drug-likeness (QED) is 0.303. The number of nitro benzene ring substituents is 1. The molecule has 162 valence electrons. The Morgan fingerprint density at radius 2 is 1.94 bits per heavy atom. The van der Waals surface area contributed by atoms with Gasteiger partial charge in [-0.1, -0.05) is 25.4 Å². The van der Waals surface area contributed by atoms with E-state index in [1.807, 2.05) is 0 Å². The number of anilines is 1. The molecule has 2 aromatic carbocycles. The highest BCUT2D eigenvalue weighted by Gasteiger charge is 2.28. The molecule has 3 rings (SSSR count). The summed E-state index contributed by atoms with van der Waals surface area (Å²) >= 11 is 5.78. The van der Waals surface area contributed by atoms with Crippen molar-refractivity contribution in [3.05, 3.63) is 62.7 Å². The summed E-state index contributed by atoms with van der Waals surface area (Å²) in [4.78, 5) is 47.2. The molecule has 0 aliphatic carbocycles. The molecule has 0 saturated heterocycles. The molecule has 2 aromatic rings. The van der Waals surface area contributed by atoms with Crippen LogP contribution in [0.15, 0.2) is 36.4 Å². The van der Waals surface area contributed by atoms with E-state index in [-0.39, 0.29) is 22.4 Å². The lowest BCUT2D eigenvalue weighted by molar-refractivity contribution is -0.384. The van der Waals surface area contributed by atoms with Crippen molar-refractivity contribution in [3.63, 3.8) is 0 Å². The third kappa shape index (κ3) is 5.18. The zero-order valence-electron chi connectivity index (χ0n) is 16.8. The summed E-state index contributed by atoms with van der Waals surface area (Å²) in [5.41, 5.74) is 1.12. The SMILES string of the molecule is CC(C)C(NC(=O)c1ccc(Cl)c([N+](=O)[O-])c1)C(=O)Oc1ccc2c(c1)CCC(=O)N2. The lowest BCUT2D eigenvalue weighted by Crippen LogP contribution is -2.46. The molecule has 1 aliphatic heterocycles. The van der Waals surface area contributed by atoms with Crippen LogP contribution in [0.2, 0.25) is 5.02 Å².